The number of aromatic nitrogens is 2. The van der Waals surface area contributed by atoms with Gasteiger partial charge in [0, 0.05) is 38.9 Å². The maximum atomic E-state index is 5.61. The standard InChI is InChI=1S/C20H31N7O/c1-5-21-20(24-14-19-25-15(2)16(3)28-19)23-13-17-6-7-18(22-12-17)27-10-8-26(4)9-11-27/h6-7,12H,5,8-11,13-14H2,1-4H3,(H2,21,23,24). The summed E-state index contributed by atoms with van der Waals surface area (Å²) in [5.74, 6) is 3.30. The fourth-order valence-electron chi connectivity index (χ4n) is 3.02. The highest BCUT2D eigenvalue weighted by Gasteiger charge is 2.15. The van der Waals surface area contributed by atoms with Crippen LogP contribution in [0.1, 0.15) is 29.8 Å². The van der Waals surface area contributed by atoms with Gasteiger partial charge in [-0.25, -0.2) is 15.0 Å². The van der Waals surface area contributed by atoms with Crippen molar-refractivity contribution in [3.8, 4) is 0 Å². The van der Waals surface area contributed by atoms with Crippen molar-refractivity contribution in [1.29, 1.82) is 0 Å². The Kier molecular flexibility index (Phi) is 6.86. The molecule has 0 unspecified atom stereocenters. The molecule has 0 radical (unpaired) electrons. The lowest BCUT2D eigenvalue weighted by Gasteiger charge is -2.33. The van der Waals surface area contributed by atoms with Gasteiger partial charge in [0.1, 0.15) is 11.6 Å². The Morgan fingerprint density at radius 2 is 1.96 bits per heavy atom. The number of aliphatic imine (C=N–C) groups is 1. The molecular formula is C20H31N7O. The minimum atomic E-state index is 0.501. The van der Waals surface area contributed by atoms with Gasteiger partial charge in [0.25, 0.3) is 0 Å². The Morgan fingerprint density at radius 3 is 2.57 bits per heavy atom. The molecule has 0 bridgehead atoms. The first-order valence-electron chi connectivity index (χ1n) is 9.88. The van der Waals surface area contributed by atoms with Crippen LogP contribution in [-0.4, -0.2) is 60.6 Å². The topological polar surface area (TPSA) is 81.8 Å². The molecule has 2 N–H and O–H groups in total. The van der Waals surface area contributed by atoms with E-state index in [-0.39, 0.29) is 0 Å². The third-order valence-corrected chi connectivity index (χ3v) is 4.88. The van der Waals surface area contributed by atoms with E-state index in [9.17, 15) is 0 Å². The molecule has 0 atom stereocenters. The Balaban J connectivity index is 1.56. The van der Waals surface area contributed by atoms with Crippen LogP contribution in [0, 0.1) is 13.8 Å². The van der Waals surface area contributed by atoms with Gasteiger partial charge in [-0.15, -0.1) is 0 Å². The van der Waals surface area contributed by atoms with Gasteiger partial charge in [0.2, 0.25) is 5.89 Å². The van der Waals surface area contributed by atoms with Crippen LogP contribution in [0.3, 0.4) is 0 Å². The first-order valence-corrected chi connectivity index (χ1v) is 9.88. The molecule has 28 heavy (non-hydrogen) atoms. The van der Waals surface area contributed by atoms with Gasteiger partial charge in [-0.1, -0.05) is 6.07 Å². The van der Waals surface area contributed by atoms with Crippen molar-refractivity contribution in [2.24, 2.45) is 4.99 Å². The zero-order chi connectivity index (χ0) is 19.9. The minimum Gasteiger partial charge on any atom is -0.444 e. The van der Waals surface area contributed by atoms with Gasteiger partial charge in [-0.3, -0.25) is 0 Å². The summed E-state index contributed by atoms with van der Waals surface area (Å²) < 4.78 is 5.61. The van der Waals surface area contributed by atoms with Crippen LogP contribution in [-0.2, 0) is 13.1 Å². The number of aryl methyl sites for hydroxylation is 2. The molecule has 0 amide bonds. The van der Waals surface area contributed by atoms with Crippen LogP contribution in [0.25, 0.3) is 0 Å². The van der Waals surface area contributed by atoms with E-state index in [0.717, 1.165) is 61.5 Å². The minimum absolute atomic E-state index is 0.501. The number of likely N-dealkylation sites (N-methyl/N-ethyl adjacent to an activating group) is 1. The van der Waals surface area contributed by atoms with E-state index >= 15 is 0 Å². The maximum absolute atomic E-state index is 5.61. The predicted molar refractivity (Wildman–Crippen MR) is 112 cm³/mol. The predicted octanol–water partition coefficient (Wildman–Crippen LogP) is 1.69. The van der Waals surface area contributed by atoms with E-state index in [0.29, 0.717) is 19.0 Å². The molecule has 3 rings (SSSR count). The highest BCUT2D eigenvalue weighted by atomic mass is 16.4. The second-order valence-corrected chi connectivity index (χ2v) is 7.11. The normalized spacial score (nSPS) is 15.7. The second-order valence-electron chi connectivity index (χ2n) is 7.11. The summed E-state index contributed by atoms with van der Waals surface area (Å²) in [5.41, 5.74) is 2.00. The summed E-state index contributed by atoms with van der Waals surface area (Å²) in [6, 6.07) is 4.20. The Bertz CT molecular complexity index is 757. The van der Waals surface area contributed by atoms with Crippen LogP contribution < -0.4 is 15.5 Å². The quantitative estimate of drug-likeness (QED) is 0.578. The Morgan fingerprint density at radius 1 is 1.18 bits per heavy atom. The second kappa shape index (κ2) is 9.54. The monoisotopic (exact) mass is 385 g/mol. The zero-order valence-electron chi connectivity index (χ0n) is 17.3. The molecule has 0 saturated carbocycles. The first-order chi connectivity index (χ1) is 13.5. The fraction of sp³-hybridized carbons (Fsp3) is 0.550. The van der Waals surface area contributed by atoms with Gasteiger partial charge in [-0.2, -0.15) is 0 Å². The van der Waals surface area contributed by atoms with Crippen LogP contribution >= 0.6 is 0 Å². The fourth-order valence-corrected chi connectivity index (χ4v) is 3.02. The number of nitrogens with zero attached hydrogens (tertiary/aromatic N) is 5. The molecule has 1 aliphatic rings. The molecule has 2 aromatic rings. The molecule has 1 saturated heterocycles. The lowest BCUT2D eigenvalue weighted by Crippen LogP contribution is -2.44. The van der Waals surface area contributed by atoms with Gasteiger partial charge in [-0.05, 0) is 39.4 Å². The molecular weight excluding hydrogens is 354 g/mol. The third-order valence-electron chi connectivity index (χ3n) is 4.88. The van der Waals surface area contributed by atoms with Crippen molar-refractivity contribution in [3.05, 3.63) is 41.2 Å². The number of anilines is 1. The number of rotatable bonds is 6. The number of nitrogens with one attached hydrogen (secondary N) is 2. The summed E-state index contributed by atoms with van der Waals surface area (Å²) in [4.78, 5) is 18.3. The number of oxazole rings is 1. The third kappa shape index (κ3) is 5.45. The van der Waals surface area contributed by atoms with Gasteiger partial charge >= 0.3 is 0 Å². The molecule has 0 spiro atoms. The number of guanidine groups is 1. The van der Waals surface area contributed by atoms with Crippen molar-refractivity contribution in [2.75, 3.05) is 44.7 Å². The van der Waals surface area contributed by atoms with Crippen LogP contribution in [0.5, 0.6) is 0 Å². The maximum Gasteiger partial charge on any atom is 0.214 e. The van der Waals surface area contributed by atoms with Crippen LogP contribution in [0.4, 0.5) is 5.82 Å². The van der Waals surface area contributed by atoms with Gasteiger partial charge < -0.3 is 24.9 Å². The molecule has 8 nitrogen and oxygen atoms in total. The molecule has 0 aromatic carbocycles. The van der Waals surface area contributed by atoms with Crippen molar-refractivity contribution in [3.63, 3.8) is 0 Å². The highest BCUT2D eigenvalue weighted by Crippen LogP contribution is 2.14. The van der Waals surface area contributed by atoms with E-state index in [4.69, 9.17) is 4.42 Å². The van der Waals surface area contributed by atoms with E-state index < -0.39 is 0 Å². The van der Waals surface area contributed by atoms with Crippen molar-refractivity contribution < 1.29 is 4.42 Å². The van der Waals surface area contributed by atoms with E-state index in [1.54, 1.807) is 0 Å². The Labute approximate surface area is 167 Å². The smallest absolute Gasteiger partial charge is 0.214 e. The van der Waals surface area contributed by atoms with Crippen LogP contribution in [0.15, 0.2) is 27.7 Å². The molecule has 3 heterocycles. The summed E-state index contributed by atoms with van der Waals surface area (Å²) in [7, 11) is 2.16. The van der Waals surface area contributed by atoms with Crippen LogP contribution in [0.2, 0.25) is 0 Å². The Hall–Kier alpha value is -2.61. The average Bonchev–Trinajstić information content (AvgIpc) is 3.03. The molecule has 8 heteroatoms. The SMILES string of the molecule is CCNC(=NCc1ccc(N2CCN(C)CC2)nc1)NCc1nc(C)c(C)o1. The number of piperazine rings is 1. The zero-order valence-corrected chi connectivity index (χ0v) is 17.3. The molecule has 1 aliphatic heterocycles. The van der Waals surface area contributed by atoms with Crippen molar-refractivity contribution in [1.82, 2.24) is 25.5 Å². The number of hydrogen-bond acceptors (Lipinski definition) is 6. The first kappa shape index (κ1) is 20.1. The summed E-state index contributed by atoms with van der Waals surface area (Å²) >= 11 is 0. The molecule has 1 fully saturated rings. The number of pyridine rings is 1. The number of hydrogen-bond donors (Lipinski definition) is 2. The summed E-state index contributed by atoms with van der Waals surface area (Å²) in [5, 5.41) is 6.51. The molecule has 0 aliphatic carbocycles. The summed E-state index contributed by atoms with van der Waals surface area (Å²) in [6.45, 7) is 12.0. The average molecular weight is 386 g/mol. The van der Waals surface area contributed by atoms with Crippen molar-refractivity contribution >= 4 is 11.8 Å². The molecule has 152 valence electrons. The molecule has 2 aromatic heterocycles. The largest absolute Gasteiger partial charge is 0.444 e. The van der Waals surface area contributed by atoms with Gasteiger partial charge in [0.15, 0.2) is 5.96 Å². The van der Waals surface area contributed by atoms with E-state index in [1.807, 2.05) is 27.0 Å². The van der Waals surface area contributed by atoms with E-state index in [1.165, 1.54) is 0 Å². The van der Waals surface area contributed by atoms with E-state index in [2.05, 4.69) is 54.6 Å². The summed E-state index contributed by atoms with van der Waals surface area (Å²) in [6.07, 6.45) is 1.92. The van der Waals surface area contributed by atoms with Gasteiger partial charge in [0.05, 0.1) is 18.8 Å². The highest BCUT2D eigenvalue weighted by molar-refractivity contribution is 5.79. The lowest BCUT2D eigenvalue weighted by atomic mass is 10.2. The van der Waals surface area contributed by atoms with Crippen molar-refractivity contribution in [2.45, 2.75) is 33.9 Å². The lowest BCUT2D eigenvalue weighted by molar-refractivity contribution is 0.312.